The average molecular weight is 340 g/mol. The first-order valence-electron chi connectivity index (χ1n) is 7.96. The Morgan fingerprint density at radius 2 is 1.64 bits per heavy atom. The van der Waals surface area contributed by atoms with Crippen LogP contribution in [0.2, 0.25) is 0 Å². The first-order chi connectivity index (χ1) is 12.1. The molecule has 3 rings (SSSR count). The summed E-state index contributed by atoms with van der Waals surface area (Å²) in [6.45, 7) is 2.49. The Morgan fingerprint density at radius 3 is 2.36 bits per heavy atom. The molecule has 0 aliphatic carbocycles. The molecule has 0 aliphatic heterocycles. The van der Waals surface area contributed by atoms with Gasteiger partial charge in [-0.1, -0.05) is 36.4 Å². The highest BCUT2D eigenvalue weighted by Crippen LogP contribution is 2.22. The van der Waals surface area contributed by atoms with E-state index in [0.717, 1.165) is 6.42 Å². The van der Waals surface area contributed by atoms with Crippen molar-refractivity contribution < 1.29 is 8.78 Å². The second-order valence-electron chi connectivity index (χ2n) is 5.60. The van der Waals surface area contributed by atoms with Gasteiger partial charge in [-0.25, -0.2) is 13.8 Å². The predicted octanol–water partition coefficient (Wildman–Crippen LogP) is 4.46. The highest BCUT2D eigenvalue weighted by atomic mass is 19.1. The number of aromatic nitrogens is 2. The van der Waals surface area contributed by atoms with Crippen LogP contribution in [0.5, 0.6) is 0 Å². The van der Waals surface area contributed by atoms with Gasteiger partial charge in [-0.3, -0.25) is 0 Å². The minimum Gasteiger partial charge on any atom is -0.370 e. The van der Waals surface area contributed by atoms with E-state index in [4.69, 9.17) is 0 Å². The molecule has 6 heteroatoms. The van der Waals surface area contributed by atoms with Crippen LogP contribution in [0.3, 0.4) is 0 Å². The highest BCUT2D eigenvalue weighted by Gasteiger charge is 2.11. The Balaban J connectivity index is 1.70. The molecule has 0 bridgehead atoms. The molecule has 4 nitrogen and oxygen atoms in total. The molecule has 0 amide bonds. The number of rotatable bonds is 6. The van der Waals surface area contributed by atoms with Crippen LogP contribution >= 0.6 is 0 Å². The van der Waals surface area contributed by atoms with Crippen LogP contribution in [0, 0.1) is 18.6 Å². The van der Waals surface area contributed by atoms with Gasteiger partial charge < -0.3 is 10.6 Å². The minimum absolute atomic E-state index is 0.145. The topological polar surface area (TPSA) is 49.8 Å². The molecule has 0 fully saturated rings. The lowest BCUT2D eigenvalue weighted by molar-refractivity contribution is 0.590. The van der Waals surface area contributed by atoms with Crippen LogP contribution in [0.25, 0.3) is 0 Å². The molecule has 1 heterocycles. The minimum atomic E-state index is -0.691. The van der Waals surface area contributed by atoms with Gasteiger partial charge in [0.15, 0.2) is 0 Å². The maximum Gasteiger partial charge on any atom is 0.229 e. The number of hydrogen-bond acceptors (Lipinski definition) is 4. The summed E-state index contributed by atoms with van der Waals surface area (Å²) >= 11 is 0. The van der Waals surface area contributed by atoms with Crippen molar-refractivity contribution in [2.45, 2.75) is 13.3 Å². The van der Waals surface area contributed by atoms with Crippen LogP contribution in [-0.2, 0) is 6.42 Å². The van der Waals surface area contributed by atoms with E-state index in [-0.39, 0.29) is 11.6 Å². The van der Waals surface area contributed by atoms with Crippen molar-refractivity contribution in [3.63, 3.8) is 0 Å². The molecule has 0 radical (unpaired) electrons. The number of hydrogen-bond donors (Lipinski definition) is 2. The van der Waals surface area contributed by atoms with Crippen LogP contribution in [0.15, 0.2) is 54.6 Å². The van der Waals surface area contributed by atoms with Crippen molar-refractivity contribution in [2.75, 3.05) is 17.2 Å². The fourth-order valence-electron chi connectivity index (χ4n) is 2.42. The van der Waals surface area contributed by atoms with Crippen LogP contribution in [0.4, 0.5) is 26.2 Å². The number of benzene rings is 2. The lowest BCUT2D eigenvalue weighted by Crippen LogP contribution is -2.09. The summed E-state index contributed by atoms with van der Waals surface area (Å²) in [6.07, 6.45) is 0.842. The zero-order chi connectivity index (χ0) is 17.6. The molecule has 2 aromatic carbocycles. The second kappa shape index (κ2) is 7.70. The van der Waals surface area contributed by atoms with Crippen LogP contribution in [-0.4, -0.2) is 16.5 Å². The Bertz CT molecular complexity index is 833. The Labute approximate surface area is 145 Å². The first-order valence-corrected chi connectivity index (χ1v) is 7.96. The monoisotopic (exact) mass is 340 g/mol. The van der Waals surface area contributed by atoms with Gasteiger partial charge >= 0.3 is 0 Å². The number of para-hydroxylation sites is 1. The molecule has 2 N–H and O–H groups in total. The fourth-order valence-corrected chi connectivity index (χ4v) is 2.42. The molecule has 0 spiro atoms. The third-order valence-electron chi connectivity index (χ3n) is 3.62. The quantitative estimate of drug-likeness (QED) is 0.695. The lowest BCUT2D eigenvalue weighted by atomic mass is 10.1. The maximum atomic E-state index is 13.8. The number of nitrogens with one attached hydrogen (secondary N) is 2. The van der Waals surface area contributed by atoms with E-state index >= 15 is 0 Å². The fraction of sp³-hybridized carbons (Fsp3) is 0.158. The molecule has 128 valence electrons. The number of halogens is 2. The smallest absolute Gasteiger partial charge is 0.229 e. The van der Waals surface area contributed by atoms with Gasteiger partial charge in [0, 0.05) is 18.3 Å². The van der Waals surface area contributed by atoms with Gasteiger partial charge in [-0.2, -0.15) is 4.98 Å². The predicted molar refractivity (Wildman–Crippen MR) is 95.0 cm³/mol. The van der Waals surface area contributed by atoms with Gasteiger partial charge in [0.2, 0.25) is 5.95 Å². The van der Waals surface area contributed by atoms with E-state index in [1.807, 2.05) is 18.2 Å². The van der Waals surface area contributed by atoms with E-state index in [2.05, 4.69) is 32.7 Å². The summed E-state index contributed by atoms with van der Waals surface area (Å²) in [5.74, 6) is -0.638. The molecular formula is C19H18F2N4. The Kier molecular flexibility index (Phi) is 5.18. The summed E-state index contributed by atoms with van der Waals surface area (Å²) < 4.78 is 27.5. The van der Waals surface area contributed by atoms with Gasteiger partial charge in [0.1, 0.15) is 23.1 Å². The summed E-state index contributed by atoms with van der Waals surface area (Å²) in [7, 11) is 0. The number of nitrogens with zero attached hydrogens (tertiary/aromatic N) is 2. The molecule has 25 heavy (non-hydrogen) atoms. The van der Waals surface area contributed by atoms with Crippen molar-refractivity contribution in [3.05, 3.63) is 77.5 Å². The molecule has 0 saturated heterocycles. The zero-order valence-electron chi connectivity index (χ0n) is 13.8. The molecule has 0 saturated carbocycles. The third-order valence-corrected chi connectivity index (χ3v) is 3.62. The Hall–Kier alpha value is -3.02. The molecule has 1 aromatic heterocycles. The SMILES string of the molecule is Cc1cc(NCCc2ccccc2)nc(Nc2c(F)cccc2F)n1. The number of anilines is 3. The zero-order valence-corrected chi connectivity index (χ0v) is 13.8. The lowest BCUT2D eigenvalue weighted by Gasteiger charge is -2.11. The Morgan fingerprint density at radius 1 is 0.920 bits per heavy atom. The molecule has 0 unspecified atom stereocenters. The van der Waals surface area contributed by atoms with Crippen molar-refractivity contribution in [2.24, 2.45) is 0 Å². The van der Waals surface area contributed by atoms with E-state index in [1.165, 1.54) is 23.8 Å². The summed E-state index contributed by atoms with van der Waals surface area (Å²) in [5.41, 5.74) is 1.65. The average Bonchev–Trinajstić information content (AvgIpc) is 2.59. The van der Waals surface area contributed by atoms with Gasteiger partial charge in [0.05, 0.1) is 0 Å². The van der Waals surface area contributed by atoms with Crippen molar-refractivity contribution in [1.82, 2.24) is 9.97 Å². The number of aryl methyl sites for hydroxylation is 1. The normalized spacial score (nSPS) is 10.5. The first kappa shape index (κ1) is 16.8. The summed E-state index contributed by atoms with van der Waals surface area (Å²) in [6, 6.07) is 15.5. The largest absolute Gasteiger partial charge is 0.370 e. The van der Waals surface area contributed by atoms with Crippen molar-refractivity contribution in [3.8, 4) is 0 Å². The van der Waals surface area contributed by atoms with E-state index in [1.54, 1.807) is 13.0 Å². The molecule has 0 aliphatic rings. The molecule has 3 aromatic rings. The van der Waals surface area contributed by atoms with Crippen LogP contribution < -0.4 is 10.6 Å². The third kappa shape index (κ3) is 4.50. The molecule has 0 atom stereocenters. The van der Waals surface area contributed by atoms with Crippen molar-refractivity contribution >= 4 is 17.5 Å². The maximum absolute atomic E-state index is 13.8. The summed E-state index contributed by atoms with van der Waals surface area (Å²) in [4.78, 5) is 8.46. The van der Waals surface area contributed by atoms with Crippen molar-refractivity contribution in [1.29, 1.82) is 0 Å². The van der Waals surface area contributed by atoms with Crippen LogP contribution in [0.1, 0.15) is 11.3 Å². The van der Waals surface area contributed by atoms with E-state index in [9.17, 15) is 8.78 Å². The van der Waals surface area contributed by atoms with E-state index < -0.39 is 11.6 Å². The van der Waals surface area contributed by atoms with Gasteiger partial charge in [-0.15, -0.1) is 0 Å². The molecular weight excluding hydrogens is 322 g/mol. The van der Waals surface area contributed by atoms with E-state index in [0.29, 0.717) is 18.1 Å². The second-order valence-corrected chi connectivity index (χ2v) is 5.60. The van der Waals surface area contributed by atoms with Gasteiger partial charge in [-0.05, 0) is 31.0 Å². The van der Waals surface area contributed by atoms with Gasteiger partial charge in [0.25, 0.3) is 0 Å². The summed E-state index contributed by atoms with van der Waals surface area (Å²) in [5, 5.41) is 5.83. The standard InChI is InChI=1S/C19H18F2N4/c1-13-12-17(22-11-10-14-6-3-2-4-7-14)24-19(23-13)25-18-15(20)8-5-9-16(18)21/h2-9,12H,10-11H2,1H3,(H2,22,23,24,25). The highest BCUT2D eigenvalue weighted by molar-refractivity contribution is 5.56.